The smallest absolute Gasteiger partial charge is 0.305 e. The van der Waals surface area contributed by atoms with Crippen molar-refractivity contribution in [2.24, 2.45) is 29.1 Å². The highest BCUT2D eigenvalue weighted by molar-refractivity contribution is 6.09. The highest BCUT2D eigenvalue weighted by Crippen LogP contribution is 2.51. The molecule has 0 heterocycles. The Kier molecular flexibility index (Phi) is 8.46. The Morgan fingerprint density at radius 3 is 2.22 bits per heavy atom. The molecule has 0 bridgehead atoms. The lowest BCUT2D eigenvalue weighted by Gasteiger charge is -2.39. The molecule has 4 rings (SSSR count). The van der Waals surface area contributed by atoms with Gasteiger partial charge in [-0.2, -0.15) is 0 Å². The topological polar surface area (TPSA) is 26.3 Å². The number of allylic oxidation sites excluding steroid dienone is 4. The first kappa shape index (κ1) is 27.4. The first-order valence-electron chi connectivity index (χ1n) is 14.2. The van der Waals surface area contributed by atoms with Gasteiger partial charge in [0.05, 0.1) is 7.11 Å². The van der Waals surface area contributed by atoms with Gasteiger partial charge in [-0.05, 0) is 97.3 Å². The van der Waals surface area contributed by atoms with Gasteiger partial charge in [-0.15, -0.1) is 0 Å². The molecule has 2 nitrogen and oxygen atoms in total. The van der Waals surface area contributed by atoms with Crippen molar-refractivity contribution >= 4 is 17.1 Å². The average Bonchev–Trinajstić information content (AvgIpc) is 3.19. The second-order valence-electron chi connectivity index (χ2n) is 12.5. The van der Waals surface area contributed by atoms with Gasteiger partial charge in [0.15, 0.2) is 0 Å². The van der Waals surface area contributed by atoms with Crippen molar-refractivity contribution in [1.82, 2.24) is 0 Å². The van der Waals surface area contributed by atoms with Crippen LogP contribution >= 0.6 is 0 Å². The van der Waals surface area contributed by atoms with E-state index in [1.807, 2.05) is 0 Å². The normalized spacial score (nSPS) is 25.8. The first-order chi connectivity index (χ1) is 17.6. The first-order valence-corrected chi connectivity index (χ1v) is 14.2. The summed E-state index contributed by atoms with van der Waals surface area (Å²) < 4.78 is 5.10. The SMILES string of the molecule is COC(=O)CC1CC(CCC2=C(c3ccc(C)cc3)C(c3ccccc3)=C(C)C2)CC(C)C(C)(C)C1C. The minimum absolute atomic E-state index is 0.0616. The van der Waals surface area contributed by atoms with Crippen LogP contribution in [-0.4, -0.2) is 13.1 Å². The minimum Gasteiger partial charge on any atom is -0.469 e. The van der Waals surface area contributed by atoms with E-state index in [1.54, 1.807) is 5.57 Å². The fourth-order valence-corrected chi connectivity index (χ4v) is 6.92. The molecule has 1 fully saturated rings. The van der Waals surface area contributed by atoms with E-state index < -0.39 is 0 Å². The molecule has 0 N–H and O–H groups in total. The van der Waals surface area contributed by atoms with Gasteiger partial charge in [0, 0.05) is 6.42 Å². The van der Waals surface area contributed by atoms with Crippen LogP contribution < -0.4 is 0 Å². The molecule has 2 aliphatic carbocycles. The predicted molar refractivity (Wildman–Crippen MR) is 156 cm³/mol. The van der Waals surface area contributed by atoms with Crippen LogP contribution in [0.5, 0.6) is 0 Å². The zero-order valence-electron chi connectivity index (χ0n) is 24.1. The molecule has 0 amide bonds. The van der Waals surface area contributed by atoms with Crippen LogP contribution in [0, 0.1) is 36.0 Å². The summed E-state index contributed by atoms with van der Waals surface area (Å²) in [6.07, 6.45) is 6.26. The molecule has 0 spiro atoms. The van der Waals surface area contributed by atoms with E-state index >= 15 is 0 Å². The van der Waals surface area contributed by atoms with Crippen LogP contribution in [0.4, 0.5) is 0 Å². The van der Waals surface area contributed by atoms with Gasteiger partial charge in [0.2, 0.25) is 0 Å². The Morgan fingerprint density at radius 1 is 0.919 bits per heavy atom. The summed E-state index contributed by atoms with van der Waals surface area (Å²) in [7, 11) is 1.52. The van der Waals surface area contributed by atoms with Crippen molar-refractivity contribution in [2.45, 2.75) is 80.1 Å². The fraction of sp³-hybridized carbons (Fsp3) is 0.514. The standard InChI is InChI=1S/C35H46O2/c1-23-13-16-29(17-14-23)34-30(19-24(2)33(34)28-11-9-8-10-12-28)18-15-27-20-25(3)35(5,6)26(4)31(21-27)22-32(36)37-7/h8-14,16-17,25-27,31H,15,18-22H2,1-7H3. The maximum Gasteiger partial charge on any atom is 0.305 e. The minimum atomic E-state index is -0.0616. The Bertz CT molecular complexity index is 1150. The molecule has 4 atom stereocenters. The van der Waals surface area contributed by atoms with Crippen molar-refractivity contribution in [3.05, 3.63) is 82.4 Å². The number of hydrogen-bond acceptors (Lipinski definition) is 2. The van der Waals surface area contributed by atoms with Gasteiger partial charge < -0.3 is 4.74 Å². The molecule has 0 saturated heterocycles. The molecule has 1 saturated carbocycles. The zero-order chi connectivity index (χ0) is 26.7. The van der Waals surface area contributed by atoms with E-state index in [-0.39, 0.29) is 11.4 Å². The zero-order valence-corrected chi connectivity index (χ0v) is 24.1. The maximum absolute atomic E-state index is 12.3. The van der Waals surface area contributed by atoms with E-state index in [9.17, 15) is 4.79 Å². The summed E-state index contributed by atoms with van der Waals surface area (Å²) in [4.78, 5) is 12.3. The lowest BCUT2D eigenvalue weighted by Crippen LogP contribution is -2.32. The second-order valence-corrected chi connectivity index (χ2v) is 12.5. The van der Waals surface area contributed by atoms with E-state index in [1.165, 1.54) is 53.4 Å². The monoisotopic (exact) mass is 498 g/mol. The van der Waals surface area contributed by atoms with E-state index in [0.29, 0.717) is 30.1 Å². The lowest BCUT2D eigenvalue weighted by molar-refractivity contribution is -0.142. The molecule has 37 heavy (non-hydrogen) atoms. The summed E-state index contributed by atoms with van der Waals surface area (Å²) in [5.41, 5.74) is 10.1. The van der Waals surface area contributed by atoms with Crippen LogP contribution in [0.2, 0.25) is 0 Å². The number of carbonyl (C=O) groups excluding carboxylic acids is 1. The Morgan fingerprint density at radius 2 is 1.57 bits per heavy atom. The van der Waals surface area contributed by atoms with Crippen molar-refractivity contribution in [3.8, 4) is 0 Å². The molecule has 0 aliphatic heterocycles. The molecule has 198 valence electrons. The highest BCUT2D eigenvalue weighted by Gasteiger charge is 2.42. The van der Waals surface area contributed by atoms with Gasteiger partial charge in [-0.1, -0.05) is 99.0 Å². The van der Waals surface area contributed by atoms with Gasteiger partial charge in [-0.25, -0.2) is 0 Å². The summed E-state index contributed by atoms with van der Waals surface area (Å²) in [5.74, 6) is 2.07. The number of carbonyl (C=O) groups is 1. The third-order valence-corrected chi connectivity index (χ3v) is 9.90. The third kappa shape index (κ3) is 5.95. The van der Waals surface area contributed by atoms with Crippen molar-refractivity contribution in [1.29, 1.82) is 0 Å². The number of benzene rings is 2. The number of esters is 1. The van der Waals surface area contributed by atoms with Gasteiger partial charge in [-0.3, -0.25) is 4.79 Å². The summed E-state index contributed by atoms with van der Waals surface area (Å²) >= 11 is 0. The Labute approximate surface area is 225 Å². The second kappa shape index (κ2) is 11.4. The molecule has 2 aliphatic rings. The third-order valence-electron chi connectivity index (χ3n) is 9.90. The van der Waals surface area contributed by atoms with Gasteiger partial charge >= 0.3 is 5.97 Å². The molecule has 0 radical (unpaired) electrons. The van der Waals surface area contributed by atoms with Crippen LogP contribution in [0.1, 0.15) is 89.8 Å². The molecular weight excluding hydrogens is 452 g/mol. The molecule has 2 aromatic carbocycles. The molecule has 0 aromatic heterocycles. The number of hydrogen-bond donors (Lipinski definition) is 0. The lowest BCUT2D eigenvalue weighted by atomic mass is 9.66. The summed E-state index contributed by atoms with van der Waals surface area (Å²) in [6, 6.07) is 20.0. The Hall–Kier alpha value is -2.61. The van der Waals surface area contributed by atoms with Crippen LogP contribution in [0.15, 0.2) is 65.7 Å². The highest BCUT2D eigenvalue weighted by atomic mass is 16.5. The predicted octanol–water partition coefficient (Wildman–Crippen LogP) is 9.29. The van der Waals surface area contributed by atoms with E-state index in [2.05, 4.69) is 96.1 Å². The fourth-order valence-electron chi connectivity index (χ4n) is 6.92. The van der Waals surface area contributed by atoms with Crippen LogP contribution in [-0.2, 0) is 9.53 Å². The van der Waals surface area contributed by atoms with Crippen molar-refractivity contribution < 1.29 is 9.53 Å². The number of rotatable bonds is 7. The largest absolute Gasteiger partial charge is 0.469 e. The van der Waals surface area contributed by atoms with Crippen molar-refractivity contribution in [2.75, 3.05) is 7.11 Å². The average molecular weight is 499 g/mol. The molecule has 2 heteroatoms. The summed E-state index contributed by atoms with van der Waals surface area (Å²) in [6.45, 7) is 14.1. The van der Waals surface area contributed by atoms with Gasteiger partial charge in [0.25, 0.3) is 0 Å². The number of methoxy groups -OCH3 is 1. The van der Waals surface area contributed by atoms with E-state index in [4.69, 9.17) is 4.74 Å². The number of aryl methyl sites for hydroxylation is 1. The van der Waals surface area contributed by atoms with Crippen molar-refractivity contribution in [3.63, 3.8) is 0 Å². The van der Waals surface area contributed by atoms with Crippen LogP contribution in [0.25, 0.3) is 11.1 Å². The van der Waals surface area contributed by atoms with Gasteiger partial charge in [0.1, 0.15) is 0 Å². The maximum atomic E-state index is 12.3. The van der Waals surface area contributed by atoms with E-state index in [0.717, 1.165) is 19.3 Å². The Balaban J connectivity index is 1.63. The molecular formula is C35H46O2. The molecule has 2 aromatic rings. The van der Waals surface area contributed by atoms with Crippen LogP contribution in [0.3, 0.4) is 0 Å². The number of ether oxygens (including phenoxy) is 1. The quantitative estimate of drug-likeness (QED) is 0.281. The molecule has 4 unspecified atom stereocenters. The summed E-state index contributed by atoms with van der Waals surface area (Å²) in [5, 5.41) is 0.